The first-order valence-electron chi connectivity index (χ1n) is 7.61. The minimum Gasteiger partial charge on any atom is -0.462 e. The summed E-state index contributed by atoms with van der Waals surface area (Å²) in [5.74, 6) is 3.23. The van der Waals surface area contributed by atoms with E-state index in [0.29, 0.717) is 6.47 Å². The molecule has 2 rings (SSSR count). The van der Waals surface area contributed by atoms with Gasteiger partial charge in [-0.05, 0) is 39.8 Å². The molecule has 0 saturated carbocycles. The number of aryl methyl sites for hydroxylation is 1. The molecule has 2 aromatic rings. The minimum absolute atomic E-state index is 0.318. The Morgan fingerprint density at radius 1 is 1.26 bits per heavy atom. The fraction of sp³-hybridized carbons (Fsp3) is 0.444. The van der Waals surface area contributed by atoms with Gasteiger partial charge in [0, 0.05) is 5.39 Å². The molecule has 0 fully saturated rings. The lowest BCUT2D eigenvalue weighted by molar-refractivity contribution is -0.138. The predicted octanol–water partition coefficient (Wildman–Crippen LogP) is 4.06. The quantitative estimate of drug-likeness (QED) is 0.487. The molecule has 0 amide bonds. The molecule has 0 aliphatic rings. The Morgan fingerprint density at radius 2 is 1.91 bits per heavy atom. The molecule has 0 radical (unpaired) electrons. The molecule has 0 aliphatic heterocycles. The van der Waals surface area contributed by atoms with Crippen LogP contribution in [-0.2, 0) is 9.53 Å². The summed E-state index contributed by atoms with van der Waals surface area (Å²) in [4.78, 5) is 9.60. The number of nitrogens with zero attached hydrogens (tertiary/aromatic N) is 1. The van der Waals surface area contributed by atoms with Gasteiger partial charge < -0.3 is 4.74 Å². The Morgan fingerprint density at radius 3 is 2.39 bits per heavy atom. The van der Waals surface area contributed by atoms with Crippen LogP contribution in [0.4, 0.5) is 0 Å². The maximum atomic E-state index is 9.60. The van der Waals surface area contributed by atoms with Crippen LogP contribution in [0.1, 0.15) is 32.0 Å². The van der Waals surface area contributed by atoms with Crippen molar-refractivity contribution in [2.75, 3.05) is 0 Å². The highest BCUT2D eigenvalue weighted by atomic mass is 28.3. The fourth-order valence-electron chi connectivity index (χ4n) is 1.61. The highest BCUT2D eigenvalue weighted by Crippen LogP contribution is 2.16. The third-order valence-electron chi connectivity index (χ3n) is 2.67. The number of ether oxygens (including phenoxy) is 1. The number of hydrogen-bond donors (Lipinski definition) is 1. The van der Waals surface area contributed by atoms with Crippen molar-refractivity contribution in [2.45, 2.75) is 52.9 Å². The number of nitrogens with one attached hydrogen (secondary N) is 1. The second-order valence-corrected chi connectivity index (χ2v) is 12.2. The number of benzene rings is 1. The number of carbonyl (C=O) groups excluding carboxylic acids is 1. The number of aromatic amines is 1. The summed E-state index contributed by atoms with van der Waals surface area (Å²) in [6.45, 7) is 14.7. The average molecular weight is 331 g/mol. The van der Waals surface area contributed by atoms with Crippen molar-refractivity contribution in [3.63, 3.8) is 0 Å². The lowest BCUT2D eigenvalue weighted by Crippen LogP contribution is -2.17. The normalized spacial score (nSPS) is 11.1. The number of carbonyl (C=O) groups is 1. The number of rotatable bonds is 1. The third kappa shape index (κ3) is 7.16. The van der Waals surface area contributed by atoms with Crippen molar-refractivity contribution in [1.29, 1.82) is 0 Å². The molecule has 5 heteroatoms. The maximum absolute atomic E-state index is 9.60. The fourth-order valence-corrected chi connectivity index (χ4v) is 2.11. The largest absolute Gasteiger partial charge is 0.462 e. The van der Waals surface area contributed by atoms with E-state index in [1.54, 1.807) is 0 Å². The van der Waals surface area contributed by atoms with Gasteiger partial charge in [0.15, 0.2) is 0 Å². The molecular weight excluding hydrogens is 304 g/mol. The molecule has 23 heavy (non-hydrogen) atoms. The van der Waals surface area contributed by atoms with Crippen LogP contribution < -0.4 is 0 Å². The van der Waals surface area contributed by atoms with Gasteiger partial charge in [0.1, 0.15) is 19.4 Å². The van der Waals surface area contributed by atoms with Gasteiger partial charge in [-0.15, -0.1) is 5.54 Å². The molecule has 1 heterocycles. The molecule has 0 bridgehead atoms. The second-order valence-electron chi connectivity index (χ2n) is 7.45. The summed E-state index contributed by atoms with van der Waals surface area (Å²) < 4.78 is 4.55. The van der Waals surface area contributed by atoms with Gasteiger partial charge >= 0.3 is 0 Å². The highest BCUT2D eigenvalue weighted by molar-refractivity contribution is 6.83. The number of H-pyrrole nitrogens is 1. The zero-order valence-electron chi connectivity index (χ0n) is 15.1. The van der Waals surface area contributed by atoms with Gasteiger partial charge in [0.25, 0.3) is 6.47 Å². The van der Waals surface area contributed by atoms with Crippen LogP contribution in [0, 0.1) is 18.4 Å². The van der Waals surface area contributed by atoms with E-state index in [-0.39, 0.29) is 5.60 Å². The maximum Gasteiger partial charge on any atom is 0.293 e. The van der Waals surface area contributed by atoms with Crippen LogP contribution in [0.5, 0.6) is 0 Å². The van der Waals surface area contributed by atoms with Crippen molar-refractivity contribution in [1.82, 2.24) is 10.2 Å². The second kappa shape index (κ2) is 7.47. The SMILES string of the molecule is CC(C)(C)OC=O.Cc1ccc2n[nH]c(C#C[Si](C)(C)C)c2c1. The van der Waals surface area contributed by atoms with E-state index in [1.807, 2.05) is 26.8 Å². The molecule has 1 N–H and O–H groups in total. The summed E-state index contributed by atoms with van der Waals surface area (Å²) in [6.07, 6.45) is 0. The van der Waals surface area contributed by atoms with Crippen LogP contribution in [0.25, 0.3) is 10.9 Å². The predicted molar refractivity (Wildman–Crippen MR) is 98.0 cm³/mol. The monoisotopic (exact) mass is 330 g/mol. The molecule has 1 aromatic heterocycles. The van der Waals surface area contributed by atoms with E-state index in [1.165, 1.54) is 5.56 Å². The summed E-state index contributed by atoms with van der Waals surface area (Å²) in [5.41, 5.74) is 6.21. The number of aromatic nitrogens is 2. The summed E-state index contributed by atoms with van der Waals surface area (Å²) in [5, 5.41) is 8.39. The van der Waals surface area contributed by atoms with Gasteiger partial charge in [-0.25, -0.2) is 0 Å². The van der Waals surface area contributed by atoms with E-state index >= 15 is 0 Å². The molecule has 0 unspecified atom stereocenters. The number of hydrogen-bond acceptors (Lipinski definition) is 3. The van der Waals surface area contributed by atoms with E-state index in [0.717, 1.165) is 16.6 Å². The Bertz CT molecular complexity index is 725. The lowest BCUT2D eigenvalue weighted by Gasteiger charge is -2.14. The van der Waals surface area contributed by atoms with Crippen LogP contribution in [0.3, 0.4) is 0 Å². The molecule has 0 spiro atoms. The zero-order chi connectivity index (χ0) is 17.7. The van der Waals surface area contributed by atoms with Crippen molar-refractivity contribution in [2.24, 2.45) is 0 Å². The van der Waals surface area contributed by atoms with E-state index < -0.39 is 8.07 Å². The van der Waals surface area contributed by atoms with Crippen LogP contribution in [0.2, 0.25) is 19.6 Å². The first-order valence-corrected chi connectivity index (χ1v) is 11.1. The first-order chi connectivity index (χ1) is 10.5. The molecule has 0 aliphatic carbocycles. The van der Waals surface area contributed by atoms with Crippen molar-refractivity contribution in [3.8, 4) is 11.5 Å². The van der Waals surface area contributed by atoms with Gasteiger partial charge in [-0.1, -0.05) is 37.2 Å². The molecule has 0 saturated heterocycles. The molecular formula is C18H26N2O2Si. The van der Waals surface area contributed by atoms with E-state index in [2.05, 4.69) is 65.1 Å². The zero-order valence-corrected chi connectivity index (χ0v) is 16.1. The molecule has 124 valence electrons. The average Bonchev–Trinajstić information content (AvgIpc) is 2.77. The van der Waals surface area contributed by atoms with E-state index in [9.17, 15) is 4.79 Å². The smallest absolute Gasteiger partial charge is 0.293 e. The Hall–Kier alpha value is -2.06. The molecule has 1 aromatic carbocycles. The van der Waals surface area contributed by atoms with Gasteiger partial charge in [0.2, 0.25) is 0 Å². The standard InChI is InChI=1S/C13H16N2Si.C5H10O2/c1-10-5-6-12-11(9-10)13(15-14-12)7-8-16(2,3)4;1-5(2,3)7-4-6/h5-6,9H,1-4H3,(H,14,15);4H,1-3H3. The Balaban J connectivity index is 0.000000322. The third-order valence-corrected chi connectivity index (χ3v) is 3.55. The highest BCUT2D eigenvalue weighted by Gasteiger charge is 2.09. The lowest BCUT2D eigenvalue weighted by atomic mass is 10.1. The van der Waals surface area contributed by atoms with Crippen LogP contribution >= 0.6 is 0 Å². The summed E-state index contributed by atoms with van der Waals surface area (Å²) >= 11 is 0. The summed E-state index contributed by atoms with van der Waals surface area (Å²) in [6, 6.07) is 6.23. The molecule has 4 nitrogen and oxygen atoms in total. The Labute approximate surface area is 139 Å². The van der Waals surface area contributed by atoms with Crippen LogP contribution in [-0.4, -0.2) is 30.3 Å². The van der Waals surface area contributed by atoms with Crippen molar-refractivity contribution in [3.05, 3.63) is 29.5 Å². The van der Waals surface area contributed by atoms with Crippen LogP contribution in [0.15, 0.2) is 18.2 Å². The van der Waals surface area contributed by atoms with Crippen molar-refractivity contribution < 1.29 is 9.53 Å². The van der Waals surface area contributed by atoms with E-state index in [4.69, 9.17) is 0 Å². The van der Waals surface area contributed by atoms with Gasteiger partial charge in [-0.2, -0.15) is 5.10 Å². The van der Waals surface area contributed by atoms with Crippen molar-refractivity contribution >= 4 is 25.4 Å². The van der Waals surface area contributed by atoms with Gasteiger partial charge in [0.05, 0.1) is 5.52 Å². The number of fused-ring (bicyclic) bond motifs is 1. The summed E-state index contributed by atoms with van der Waals surface area (Å²) in [7, 11) is -1.32. The Kier molecular flexibility index (Phi) is 6.17. The first kappa shape index (κ1) is 19.0. The minimum atomic E-state index is -1.32. The molecule has 0 atom stereocenters. The topological polar surface area (TPSA) is 55.0 Å². The van der Waals surface area contributed by atoms with Gasteiger partial charge in [-0.3, -0.25) is 9.89 Å².